The van der Waals surface area contributed by atoms with E-state index in [1.54, 1.807) is 56.4 Å². The fourth-order valence-electron chi connectivity index (χ4n) is 4.31. The third-order valence-electron chi connectivity index (χ3n) is 6.08. The largest absolute Gasteiger partial charge is 0.481 e. The summed E-state index contributed by atoms with van der Waals surface area (Å²) in [5.74, 6) is -1.28. The van der Waals surface area contributed by atoms with Crippen LogP contribution in [0.1, 0.15) is 28.2 Å². The van der Waals surface area contributed by atoms with Gasteiger partial charge in [-0.05, 0) is 29.8 Å². The monoisotopic (exact) mass is 480 g/mol. The van der Waals surface area contributed by atoms with E-state index in [1.165, 1.54) is 15.9 Å². The highest BCUT2D eigenvalue weighted by atomic mass is 16.6. The number of nitrogens with zero attached hydrogens (tertiary/aromatic N) is 5. The van der Waals surface area contributed by atoms with E-state index in [0.717, 1.165) is 5.56 Å². The van der Waals surface area contributed by atoms with Gasteiger partial charge in [0.25, 0.3) is 11.6 Å². The average molecular weight is 480 g/mol. The first-order valence-corrected chi connectivity index (χ1v) is 10.8. The summed E-state index contributed by atoms with van der Waals surface area (Å²) in [4.78, 5) is 59.7. The number of carbonyl (C=O) groups is 3. The van der Waals surface area contributed by atoms with Crippen LogP contribution in [0.2, 0.25) is 0 Å². The molecule has 0 radical (unpaired) electrons. The first-order valence-electron chi connectivity index (χ1n) is 10.8. The number of H-pyrrole nitrogens is 1. The van der Waals surface area contributed by atoms with E-state index < -0.39 is 16.9 Å². The second-order valence-electron chi connectivity index (χ2n) is 8.54. The first kappa shape index (κ1) is 23.7. The molecule has 0 unspecified atom stereocenters. The van der Waals surface area contributed by atoms with Crippen molar-refractivity contribution in [1.29, 1.82) is 0 Å². The summed E-state index contributed by atoms with van der Waals surface area (Å²) in [6.07, 6.45) is -0.335. The van der Waals surface area contributed by atoms with Crippen LogP contribution in [0.3, 0.4) is 0 Å². The van der Waals surface area contributed by atoms with Gasteiger partial charge in [-0.1, -0.05) is 6.07 Å². The molecule has 2 amide bonds. The van der Waals surface area contributed by atoms with Gasteiger partial charge in [0, 0.05) is 45.0 Å². The minimum absolute atomic E-state index is 0.0979. The maximum absolute atomic E-state index is 13.2. The molecule has 0 bridgehead atoms. The van der Waals surface area contributed by atoms with Gasteiger partial charge in [-0.15, -0.1) is 0 Å². The lowest BCUT2D eigenvalue weighted by Gasteiger charge is -2.27. The topological polar surface area (TPSA) is 153 Å². The minimum Gasteiger partial charge on any atom is -0.481 e. The molecule has 2 aromatic carbocycles. The summed E-state index contributed by atoms with van der Waals surface area (Å²) >= 11 is 0. The lowest BCUT2D eigenvalue weighted by molar-refractivity contribution is -0.383. The molecule has 182 valence electrons. The molecule has 0 saturated heterocycles. The number of non-ortho nitro benzene ring substituents is 1. The van der Waals surface area contributed by atoms with Gasteiger partial charge < -0.3 is 24.8 Å². The van der Waals surface area contributed by atoms with E-state index in [2.05, 4.69) is 9.97 Å². The molecule has 12 nitrogen and oxygen atoms in total. The number of amides is 2. The number of carbonyl (C=O) groups excluding carboxylic acids is 2. The van der Waals surface area contributed by atoms with E-state index in [1.807, 2.05) is 0 Å². The van der Waals surface area contributed by atoms with Gasteiger partial charge in [-0.2, -0.15) is 0 Å². The number of aliphatic carboxylic acids is 1. The van der Waals surface area contributed by atoms with Crippen molar-refractivity contribution in [3.8, 4) is 0 Å². The molecule has 0 saturated carbocycles. The van der Waals surface area contributed by atoms with Crippen molar-refractivity contribution in [3.63, 3.8) is 0 Å². The Morgan fingerprint density at radius 3 is 2.71 bits per heavy atom. The second-order valence-corrected chi connectivity index (χ2v) is 8.54. The summed E-state index contributed by atoms with van der Waals surface area (Å²) in [5.41, 5.74) is 2.40. The van der Waals surface area contributed by atoms with Gasteiger partial charge in [-0.3, -0.25) is 24.5 Å². The van der Waals surface area contributed by atoms with Crippen LogP contribution < -0.4 is 4.90 Å². The van der Waals surface area contributed by atoms with E-state index in [0.29, 0.717) is 22.6 Å². The highest BCUT2D eigenvalue weighted by Gasteiger charge is 2.33. The average Bonchev–Trinajstić information content (AvgIpc) is 3.19. The zero-order valence-corrected chi connectivity index (χ0v) is 19.4. The summed E-state index contributed by atoms with van der Waals surface area (Å²) in [6, 6.07) is 8.80. The Labute approximate surface area is 199 Å². The molecular formula is C23H24N6O6. The Kier molecular flexibility index (Phi) is 6.12. The number of rotatable bonds is 6. The predicted molar refractivity (Wildman–Crippen MR) is 126 cm³/mol. The molecule has 4 rings (SSSR count). The number of hydrogen-bond donors (Lipinski definition) is 2. The number of nitrogens with one attached hydrogen (secondary N) is 1. The quantitative estimate of drug-likeness (QED) is 0.401. The number of aromatic amines is 1. The number of anilines is 1. The summed E-state index contributed by atoms with van der Waals surface area (Å²) in [6.45, 7) is 0.327. The summed E-state index contributed by atoms with van der Waals surface area (Å²) in [5, 5.41) is 20.5. The Hall–Kier alpha value is -4.48. The number of carboxylic acids is 1. The number of likely N-dealkylation sites (N-methyl/N-ethyl adjacent to an activating group) is 2. The van der Waals surface area contributed by atoms with Gasteiger partial charge >= 0.3 is 5.97 Å². The lowest BCUT2D eigenvalue weighted by Crippen LogP contribution is -2.44. The third kappa shape index (κ3) is 4.50. The summed E-state index contributed by atoms with van der Waals surface area (Å²) in [7, 11) is 4.86. The van der Waals surface area contributed by atoms with Crippen molar-refractivity contribution in [1.82, 2.24) is 19.8 Å². The number of benzene rings is 2. The predicted octanol–water partition coefficient (Wildman–Crippen LogP) is 1.99. The smallest absolute Gasteiger partial charge is 0.305 e. The molecule has 1 aromatic heterocycles. The highest BCUT2D eigenvalue weighted by molar-refractivity contribution is 5.96. The number of carboxylic acid groups (broad SMARTS) is 1. The molecule has 2 N–H and O–H groups in total. The fraction of sp³-hybridized carbons (Fsp3) is 0.304. The molecule has 0 fully saturated rings. The van der Waals surface area contributed by atoms with Crippen molar-refractivity contribution in [2.75, 3.05) is 26.0 Å². The SMILES string of the molecule is CN(Cc1nc2c([N+](=O)[O-])cccc2[nH]1)C(=O)c1ccc2c(c1)CN(C)C(=O)[C@H](CC(=O)O)N2C. The zero-order valence-electron chi connectivity index (χ0n) is 19.4. The van der Waals surface area contributed by atoms with Gasteiger partial charge in [0.15, 0.2) is 5.52 Å². The van der Waals surface area contributed by atoms with Crippen LogP contribution in [0.15, 0.2) is 36.4 Å². The Bertz CT molecular complexity index is 1350. The standard InChI is InChI=1S/C23H24N6O6/c1-26-11-14-9-13(7-8-16(14)28(3)18(23(26)33)10-20(30)31)22(32)27(2)12-19-24-15-5-4-6-17(29(34)35)21(15)25-19/h4-9,18H,10-12H2,1-3H3,(H,24,25)(H,30,31)/t18-/m0/s1. The Morgan fingerprint density at radius 2 is 2.03 bits per heavy atom. The van der Waals surface area contributed by atoms with Crippen LogP contribution in [0.4, 0.5) is 11.4 Å². The number of nitro benzene ring substituents is 1. The van der Waals surface area contributed by atoms with Gasteiger partial charge in [0.05, 0.1) is 23.4 Å². The number of nitro groups is 1. The molecule has 1 aliphatic heterocycles. The minimum atomic E-state index is -1.07. The van der Waals surface area contributed by atoms with Crippen molar-refractivity contribution in [2.24, 2.45) is 0 Å². The molecule has 12 heteroatoms. The van der Waals surface area contributed by atoms with Crippen LogP contribution >= 0.6 is 0 Å². The van der Waals surface area contributed by atoms with E-state index in [9.17, 15) is 29.6 Å². The number of aromatic nitrogens is 2. The van der Waals surface area contributed by atoms with Crippen LogP contribution in [0, 0.1) is 10.1 Å². The molecular weight excluding hydrogens is 456 g/mol. The van der Waals surface area contributed by atoms with Gasteiger partial charge in [-0.25, -0.2) is 4.98 Å². The normalized spacial score (nSPS) is 15.6. The van der Waals surface area contributed by atoms with E-state index in [-0.39, 0.29) is 42.5 Å². The number of hydrogen-bond acceptors (Lipinski definition) is 7. The molecule has 2 heterocycles. The lowest BCUT2D eigenvalue weighted by atomic mass is 10.1. The number of imidazole rings is 1. The first-order chi connectivity index (χ1) is 16.6. The van der Waals surface area contributed by atoms with E-state index >= 15 is 0 Å². The van der Waals surface area contributed by atoms with Crippen molar-refractivity contribution in [3.05, 3.63) is 63.5 Å². The number of fused-ring (bicyclic) bond motifs is 2. The maximum Gasteiger partial charge on any atom is 0.305 e. The molecule has 1 aliphatic rings. The number of para-hydroxylation sites is 1. The van der Waals surface area contributed by atoms with Crippen molar-refractivity contribution < 1.29 is 24.4 Å². The molecule has 0 aliphatic carbocycles. The van der Waals surface area contributed by atoms with Gasteiger partial charge in [0.2, 0.25) is 5.91 Å². The summed E-state index contributed by atoms with van der Waals surface area (Å²) < 4.78 is 0. The fourth-order valence-corrected chi connectivity index (χ4v) is 4.31. The Morgan fingerprint density at radius 1 is 1.29 bits per heavy atom. The third-order valence-corrected chi connectivity index (χ3v) is 6.08. The van der Waals surface area contributed by atoms with E-state index in [4.69, 9.17) is 0 Å². The molecule has 0 spiro atoms. The molecule has 3 aromatic rings. The molecule has 35 heavy (non-hydrogen) atoms. The highest BCUT2D eigenvalue weighted by Crippen LogP contribution is 2.30. The maximum atomic E-state index is 13.2. The van der Waals surface area contributed by atoms with Crippen molar-refractivity contribution >= 4 is 40.2 Å². The van der Waals surface area contributed by atoms with Crippen LogP contribution in [0.25, 0.3) is 11.0 Å². The second kappa shape index (κ2) is 9.05. The Balaban J connectivity index is 1.58. The molecule has 1 atom stereocenters. The zero-order chi connectivity index (χ0) is 25.4. The van der Waals surface area contributed by atoms with Gasteiger partial charge in [0.1, 0.15) is 11.9 Å². The van der Waals surface area contributed by atoms with Crippen LogP contribution in [-0.4, -0.2) is 74.8 Å². The van der Waals surface area contributed by atoms with Crippen molar-refractivity contribution in [2.45, 2.75) is 25.6 Å². The van der Waals surface area contributed by atoms with Crippen LogP contribution in [-0.2, 0) is 22.7 Å². The van der Waals surface area contributed by atoms with Crippen LogP contribution in [0.5, 0.6) is 0 Å².